The van der Waals surface area contributed by atoms with Crippen molar-refractivity contribution in [2.75, 3.05) is 18.4 Å². The van der Waals surface area contributed by atoms with E-state index in [1.54, 1.807) is 29.4 Å². The van der Waals surface area contributed by atoms with Gasteiger partial charge in [-0.05, 0) is 36.6 Å². The summed E-state index contributed by atoms with van der Waals surface area (Å²) in [6.07, 6.45) is -0.277. The Hall–Kier alpha value is -3.05. The van der Waals surface area contributed by atoms with Crippen molar-refractivity contribution in [2.24, 2.45) is 0 Å². The number of aromatic nitrogens is 1. The molecule has 2 amide bonds. The van der Waals surface area contributed by atoms with Crippen molar-refractivity contribution in [1.29, 1.82) is 0 Å². The summed E-state index contributed by atoms with van der Waals surface area (Å²) in [6.45, 7) is 0.837. The van der Waals surface area contributed by atoms with Crippen LogP contribution in [0.2, 0.25) is 10.0 Å². The number of carbonyl (C=O) groups excluding carboxylic acids is 2. The summed E-state index contributed by atoms with van der Waals surface area (Å²) in [6, 6.07) is 7.12. The van der Waals surface area contributed by atoms with Crippen molar-refractivity contribution in [3.8, 4) is 0 Å². The van der Waals surface area contributed by atoms with Crippen LogP contribution in [0, 0.1) is 0 Å². The second-order valence-electron chi connectivity index (χ2n) is 8.42. The lowest BCUT2D eigenvalue weighted by atomic mass is 9.90. The monoisotopic (exact) mass is 531 g/mol. The number of rotatable bonds is 2. The molecule has 0 bridgehead atoms. The molecule has 186 valence electrons. The van der Waals surface area contributed by atoms with E-state index in [9.17, 15) is 22.8 Å². The van der Waals surface area contributed by atoms with E-state index in [-0.39, 0.29) is 5.91 Å². The highest BCUT2D eigenvalue weighted by Gasteiger charge is 2.57. The third-order valence-corrected chi connectivity index (χ3v) is 6.75. The van der Waals surface area contributed by atoms with Crippen molar-refractivity contribution in [3.63, 3.8) is 0 Å². The number of hydrogen-bond acceptors (Lipinski definition) is 5. The first-order valence-corrected chi connectivity index (χ1v) is 11.1. The van der Waals surface area contributed by atoms with Gasteiger partial charge in [-0.25, -0.2) is 9.59 Å². The number of fused-ring (bicyclic) bond motifs is 2. The average Bonchev–Trinajstić information content (AvgIpc) is 3.47. The van der Waals surface area contributed by atoms with Gasteiger partial charge < -0.3 is 14.7 Å². The molecule has 3 heterocycles. The number of carboxylic acid groups (broad SMARTS) is 1. The van der Waals surface area contributed by atoms with Crippen LogP contribution in [0.5, 0.6) is 0 Å². The molecule has 2 aliphatic heterocycles. The van der Waals surface area contributed by atoms with Gasteiger partial charge >= 0.3 is 18.2 Å². The summed E-state index contributed by atoms with van der Waals surface area (Å²) in [7, 11) is 0. The molecule has 1 saturated heterocycles. The van der Waals surface area contributed by atoms with Gasteiger partial charge in [0.1, 0.15) is 0 Å². The maximum absolute atomic E-state index is 13.5. The number of benzene rings is 1. The van der Waals surface area contributed by atoms with Gasteiger partial charge in [-0.2, -0.15) is 13.2 Å². The number of nitrogens with one attached hydrogen (secondary N) is 1. The number of hydrogen-bond donors (Lipinski definition) is 2. The third kappa shape index (κ3) is 4.74. The van der Waals surface area contributed by atoms with Crippen molar-refractivity contribution in [2.45, 2.75) is 36.5 Å². The van der Waals surface area contributed by atoms with Crippen molar-refractivity contribution in [1.82, 2.24) is 9.88 Å². The topological polar surface area (TPSA) is 109 Å². The van der Waals surface area contributed by atoms with E-state index < -0.39 is 29.3 Å². The van der Waals surface area contributed by atoms with Crippen LogP contribution >= 0.6 is 23.2 Å². The van der Waals surface area contributed by atoms with Crippen LogP contribution in [0.3, 0.4) is 0 Å². The minimum atomic E-state index is -5.08. The predicted octanol–water partition coefficient (Wildman–Crippen LogP) is 4.74. The molecule has 3 aliphatic rings. The van der Waals surface area contributed by atoms with Crippen LogP contribution in [0.25, 0.3) is 0 Å². The van der Waals surface area contributed by atoms with Gasteiger partial charge in [0.2, 0.25) is 5.91 Å². The summed E-state index contributed by atoms with van der Waals surface area (Å²) in [5.41, 5.74) is 0.861. The van der Waals surface area contributed by atoms with E-state index in [0.29, 0.717) is 35.2 Å². The smallest absolute Gasteiger partial charge is 0.475 e. The first-order chi connectivity index (χ1) is 16.4. The molecule has 2 N–H and O–H groups in total. The highest BCUT2D eigenvalue weighted by atomic mass is 35.5. The van der Waals surface area contributed by atoms with Gasteiger partial charge in [-0.1, -0.05) is 29.3 Å². The number of carboxylic acids is 1. The number of halogens is 5. The number of nitrogens with zero attached hydrogens (tertiary/aromatic N) is 2. The van der Waals surface area contributed by atoms with Crippen LogP contribution in [0.1, 0.15) is 30.4 Å². The normalized spacial score (nSPS) is 21.9. The van der Waals surface area contributed by atoms with E-state index in [1.807, 2.05) is 12.1 Å². The number of pyridine rings is 1. The zero-order valence-electron chi connectivity index (χ0n) is 17.9. The molecule has 1 aromatic heterocycles. The summed E-state index contributed by atoms with van der Waals surface area (Å²) >= 11 is 12.4. The Labute approximate surface area is 207 Å². The zero-order valence-corrected chi connectivity index (χ0v) is 19.4. The van der Waals surface area contributed by atoms with Gasteiger partial charge in [0.25, 0.3) is 0 Å². The van der Waals surface area contributed by atoms with Crippen LogP contribution in [0.15, 0.2) is 36.7 Å². The lowest BCUT2D eigenvalue weighted by Crippen LogP contribution is -2.44. The molecule has 1 saturated carbocycles. The largest absolute Gasteiger partial charge is 0.490 e. The molecule has 1 aromatic carbocycles. The number of amides is 2. The molecule has 1 aliphatic carbocycles. The van der Waals surface area contributed by atoms with Crippen LogP contribution in [-0.2, 0) is 25.3 Å². The number of alkyl halides is 3. The van der Waals surface area contributed by atoms with Crippen molar-refractivity contribution in [3.05, 3.63) is 57.8 Å². The first kappa shape index (κ1) is 25.1. The number of anilines is 1. The SMILES string of the molecule is O=C(O)C(F)(F)F.O=C1Nc2cnccc2C2(CCN(C(=O)C3(c4ccc(Cl)cc4Cl)CC3)C2)O1. The van der Waals surface area contributed by atoms with E-state index in [0.717, 1.165) is 24.0 Å². The van der Waals surface area contributed by atoms with Gasteiger partial charge in [-0.15, -0.1) is 0 Å². The maximum atomic E-state index is 13.5. The van der Waals surface area contributed by atoms with E-state index >= 15 is 0 Å². The summed E-state index contributed by atoms with van der Waals surface area (Å²) in [4.78, 5) is 40.3. The van der Waals surface area contributed by atoms with E-state index in [4.69, 9.17) is 37.8 Å². The molecule has 1 spiro atoms. The van der Waals surface area contributed by atoms with Crippen molar-refractivity contribution >= 4 is 46.9 Å². The molecule has 5 rings (SSSR count). The molecule has 35 heavy (non-hydrogen) atoms. The third-order valence-electron chi connectivity index (χ3n) is 6.20. The minimum Gasteiger partial charge on any atom is -0.475 e. The molecule has 0 radical (unpaired) electrons. The molecule has 13 heteroatoms. The fourth-order valence-electron chi connectivity index (χ4n) is 4.42. The summed E-state index contributed by atoms with van der Waals surface area (Å²) in [5.74, 6) is -2.73. The molecule has 1 unspecified atom stereocenters. The van der Waals surface area contributed by atoms with Gasteiger partial charge in [0.05, 0.1) is 23.8 Å². The average molecular weight is 532 g/mol. The molecular formula is C22H18Cl2F3N3O5. The number of ether oxygens (including phenoxy) is 1. The Morgan fingerprint density at radius 1 is 1.14 bits per heavy atom. The fourth-order valence-corrected chi connectivity index (χ4v) is 5.01. The Morgan fingerprint density at radius 3 is 2.43 bits per heavy atom. The number of aliphatic carboxylic acids is 1. The van der Waals surface area contributed by atoms with E-state index in [1.165, 1.54) is 0 Å². The van der Waals surface area contributed by atoms with Crippen molar-refractivity contribution < 1.29 is 37.4 Å². The molecule has 1 atom stereocenters. The Kier molecular flexibility index (Phi) is 6.35. The van der Waals surface area contributed by atoms with Crippen LogP contribution < -0.4 is 5.32 Å². The second kappa shape index (κ2) is 8.87. The minimum absolute atomic E-state index is 0.0267. The molecule has 2 fully saturated rings. The standard InChI is InChI=1S/C20H17Cl2N3O3.C2HF3O2/c21-12-1-2-13(15(22)9-12)19(4-5-19)17(26)25-8-6-20(11-25)14-3-7-23-10-16(14)24-18(27)28-20;3-2(4,5)1(6)7/h1-3,7,9-10H,4-6,8,11H2,(H,24,27);(H,6,7). The Bertz CT molecular complexity index is 1210. The molecule has 8 nitrogen and oxygen atoms in total. The first-order valence-electron chi connectivity index (χ1n) is 10.4. The Morgan fingerprint density at radius 2 is 1.83 bits per heavy atom. The van der Waals surface area contributed by atoms with Gasteiger partial charge in [-0.3, -0.25) is 15.1 Å². The predicted molar refractivity (Wildman–Crippen MR) is 118 cm³/mol. The highest BCUT2D eigenvalue weighted by molar-refractivity contribution is 6.35. The second-order valence-corrected chi connectivity index (χ2v) is 9.26. The fraction of sp³-hybridized carbons (Fsp3) is 0.364. The summed E-state index contributed by atoms with van der Waals surface area (Å²) < 4.78 is 37.4. The lowest BCUT2D eigenvalue weighted by molar-refractivity contribution is -0.192. The molecule has 2 aromatic rings. The van der Waals surface area contributed by atoms with Crippen LogP contribution in [-0.4, -0.2) is 52.2 Å². The lowest BCUT2D eigenvalue weighted by Gasteiger charge is -2.35. The van der Waals surface area contributed by atoms with Gasteiger partial charge in [0, 0.05) is 34.8 Å². The number of carbonyl (C=O) groups is 3. The Balaban J connectivity index is 0.000000364. The van der Waals surface area contributed by atoms with E-state index in [2.05, 4.69) is 10.3 Å². The summed E-state index contributed by atoms with van der Waals surface area (Å²) in [5, 5.41) is 10.9. The quantitative estimate of drug-likeness (QED) is 0.579. The van der Waals surface area contributed by atoms with Gasteiger partial charge in [0.15, 0.2) is 5.60 Å². The highest BCUT2D eigenvalue weighted by Crippen LogP contribution is 2.53. The molecular weight excluding hydrogens is 514 g/mol. The maximum Gasteiger partial charge on any atom is 0.490 e. The number of likely N-dealkylation sites (tertiary alicyclic amines) is 1. The zero-order chi connectivity index (χ0) is 25.6. The van der Waals surface area contributed by atoms with Crippen LogP contribution in [0.4, 0.5) is 23.7 Å².